The van der Waals surface area contributed by atoms with Crippen molar-refractivity contribution in [1.82, 2.24) is 0 Å². The maximum absolute atomic E-state index is 11.7. The molecule has 1 aliphatic carbocycles. The minimum atomic E-state index is 0.00875. The molecule has 0 aliphatic heterocycles. The molecule has 88 valence electrons. The molecule has 0 radical (unpaired) electrons. The summed E-state index contributed by atoms with van der Waals surface area (Å²) in [7, 11) is 0. The Morgan fingerprint density at radius 2 is 2.38 bits per heavy atom. The third kappa shape index (κ3) is 3.30. The second-order valence-corrected chi connectivity index (χ2v) is 4.76. The van der Waals surface area contributed by atoms with Gasteiger partial charge in [-0.3, -0.25) is 9.79 Å². The topological polar surface area (TPSA) is 55.4 Å². The molecule has 1 aliphatic rings. The van der Waals surface area contributed by atoms with Gasteiger partial charge in [0.15, 0.2) is 5.78 Å². The maximum Gasteiger partial charge on any atom is 0.179 e. The number of ketones is 1. The molecule has 3 nitrogen and oxygen atoms in total. The van der Waals surface area contributed by atoms with Crippen LogP contribution in [0.5, 0.6) is 0 Å². The Bertz CT molecular complexity index is 369. The lowest BCUT2D eigenvalue weighted by atomic mass is 9.96. The second kappa shape index (κ2) is 5.99. The molecule has 1 rings (SSSR count). The average molecular weight is 285 g/mol. The summed E-state index contributed by atoms with van der Waals surface area (Å²) in [5.74, 6) is 0.380. The van der Waals surface area contributed by atoms with Gasteiger partial charge in [0.2, 0.25) is 0 Å². The van der Waals surface area contributed by atoms with Crippen molar-refractivity contribution < 1.29 is 4.79 Å². The van der Waals surface area contributed by atoms with Crippen LogP contribution in [0.1, 0.15) is 26.7 Å². The van der Waals surface area contributed by atoms with Crippen molar-refractivity contribution in [1.29, 1.82) is 0 Å². The molecular weight excluding hydrogens is 268 g/mol. The fourth-order valence-corrected chi connectivity index (χ4v) is 2.28. The molecule has 0 fully saturated rings. The van der Waals surface area contributed by atoms with Crippen LogP contribution in [-0.4, -0.2) is 18.5 Å². The fourth-order valence-electron chi connectivity index (χ4n) is 1.51. The molecule has 0 heterocycles. The van der Waals surface area contributed by atoms with Gasteiger partial charge in [0.25, 0.3) is 0 Å². The van der Waals surface area contributed by atoms with Gasteiger partial charge in [0.1, 0.15) is 0 Å². The lowest BCUT2D eigenvalue weighted by Crippen LogP contribution is -2.18. The minimum absolute atomic E-state index is 0.00875. The number of hydrogen-bond acceptors (Lipinski definition) is 3. The zero-order chi connectivity index (χ0) is 12.1. The smallest absolute Gasteiger partial charge is 0.179 e. The van der Waals surface area contributed by atoms with E-state index in [1.165, 1.54) is 0 Å². The monoisotopic (exact) mass is 284 g/mol. The Morgan fingerprint density at radius 3 is 3.00 bits per heavy atom. The largest absolute Gasteiger partial charge is 0.395 e. The number of nitrogens with two attached hydrogens (primary N) is 1. The zero-order valence-electron chi connectivity index (χ0n) is 9.66. The van der Waals surface area contributed by atoms with Gasteiger partial charge in [0, 0.05) is 29.2 Å². The number of halogens is 1. The van der Waals surface area contributed by atoms with E-state index in [1.807, 2.05) is 6.92 Å². The van der Waals surface area contributed by atoms with Crippen LogP contribution in [0.25, 0.3) is 0 Å². The molecule has 0 spiro atoms. The minimum Gasteiger partial charge on any atom is -0.395 e. The van der Waals surface area contributed by atoms with Gasteiger partial charge in [-0.15, -0.1) is 0 Å². The van der Waals surface area contributed by atoms with Crippen molar-refractivity contribution in [3.05, 3.63) is 21.8 Å². The van der Waals surface area contributed by atoms with E-state index in [2.05, 4.69) is 33.9 Å². The lowest BCUT2D eigenvalue weighted by molar-refractivity contribution is -0.115. The molecule has 0 saturated carbocycles. The Balaban J connectivity index is 3.15. The Kier molecular flexibility index (Phi) is 4.93. The summed E-state index contributed by atoms with van der Waals surface area (Å²) < 4.78 is 0.864. The molecule has 0 aromatic rings. The number of nitrogens with zero attached hydrogens (tertiary/aromatic N) is 1. The number of carbonyl (C=O) groups is 1. The summed E-state index contributed by atoms with van der Waals surface area (Å²) >= 11 is 3.46. The first-order valence-corrected chi connectivity index (χ1v) is 6.26. The third-order valence-electron chi connectivity index (χ3n) is 2.51. The van der Waals surface area contributed by atoms with Crippen LogP contribution in [0.2, 0.25) is 0 Å². The summed E-state index contributed by atoms with van der Waals surface area (Å²) in [5.41, 5.74) is 6.86. The van der Waals surface area contributed by atoms with Crippen LogP contribution >= 0.6 is 15.9 Å². The van der Waals surface area contributed by atoms with Gasteiger partial charge in [-0.25, -0.2) is 0 Å². The van der Waals surface area contributed by atoms with Crippen LogP contribution < -0.4 is 5.73 Å². The predicted molar refractivity (Wildman–Crippen MR) is 70.7 cm³/mol. The molecule has 2 N–H and O–H groups in total. The van der Waals surface area contributed by atoms with Crippen molar-refractivity contribution >= 4 is 27.9 Å². The maximum atomic E-state index is 11.7. The summed E-state index contributed by atoms with van der Waals surface area (Å²) in [6.07, 6.45) is 5.10. The van der Waals surface area contributed by atoms with Crippen molar-refractivity contribution in [2.75, 3.05) is 6.54 Å². The highest BCUT2D eigenvalue weighted by Crippen LogP contribution is 2.25. The molecule has 1 atom stereocenters. The normalized spacial score (nSPS) is 23.3. The van der Waals surface area contributed by atoms with Crippen LogP contribution in [0.15, 0.2) is 26.8 Å². The fraction of sp³-hybridized carbons (Fsp3) is 0.500. The van der Waals surface area contributed by atoms with Gasteiger partial charge >= 0.3 is 0 Å². The number of hydrogen-bond donors (Lipinski definition) is 1. The molecule has 0 amide bonds. The summed E-state index contributed by atoms with van der Waals surface area (Å²) in [6.45, 7) is 4.71. The molecule has 4 heteroatoms. The van der Waals surface area contributed by atoms with E-state index in [-0.39, 0.29) is 5.78 Å². The number of aliphatic imine (C=N–C) groups is 1. The van der Waals surface area contributed by atoms with Gasteiger partial charge in [-0.2, -0.15) is 0 Å². The first-order valence-electron chi connectivity index (χ1n) is 5.46. The van der Waals surface area contributed by atoms with E-state index < -0.39 is 0 Å². The van der Waals surface area contributed by atoms with Gasteiger partial charge in [-0.1, -0.05) is 28.9 Å². The first-order chi connectivity index (χ1) is 7.56. The third-order valence-corrected chi connectivity index (χ3v) is 3.20. The van der Waals surface area contributed by atoms with Crippen molar-refractivity contribution in [2.45, 2.75) is 26.7 Å². The van der Waals surface area contributed by atoms with Crippen molar-refractivity contribution in [3.63, 3.8) is 0 Å². The highest BCUT2D eigenvalue weighted by atomic mass is 79.9. The molecule has 0 aromatic carbocycles. The summed E-state index contributed by atoms with van der Waals surface area (Å²) in [5, 5.41) is 0. The summed E-state index contributed by atoms with van der Waals surface area (Å²) in [4.78, 5) is 15.9. The highest BCUT2D eigenvalue weighted by molar-refractivity contribution is 9.12. The van der Waals surface area contributed by atoms with E-state index in [0.717, 1.165) is 10.9 Å². The Labute approximate surface area is 105 Å². The van der Waals surface area contributed by atoms with E-state index in [9.17, 15) is 4.79 Å². The standard InChI is InChI=1S/C12H17BrN2O/c1-3-15-7-9-10(13)6-8(2)4-5-11(16)12(9)14/h6-8H,3-5,14H2,1-2H3. The number of rotatable bonds is 2. The molecule has 0 bridgehead atoms. The lowest BCUT2D eigenvalue weighted by Gasteiger charge is -2.14. The van der Waals surface area contributed by atoms with Crippen LogP contribution in [0.3, 0.4) is 0 Å². The average Bonchev–Trinajstić information content (AvgIpc) is 2.25. The van der Waals surface area contributed by atoms with E-state index >= 15 is 0 Å². The second-order valence-electron chi connectivity index (χ2n) is 3.91. The van der Waals surface area contributed by atoms with Gasteiger partial charge < -0.3 is 5.73 Å². The van der Waals surface area contributed by atoms with E-state index in [0.29, 0.717) is 30.2 Å². The highest BCUT2D eigenvalue weighted by Gasteiger charge is 2.17. The molecule has 0 saturated heterocycles. The van der Waals surface area contributed by atoms with Gasteiger partial charge in [-0.05, 0) is 19.3 Å². The number of Topliss-reactive ketones (excluding diaryl/α,β-unsaturated/α-hetero) is 1. The molecule has 1 unspecified atom stereocenters. The van der Waals surface area contributed by atoms with Crippen LogP contribution in [0.4, 0.5) is 0 Å². The van der Waals surface area contributed by atoms with Gasteiger partial charge in [0.05, 0.1) is 5.70 Å². The number of carbonyl (C=O) groups excluding carboxylic acids is 1. The van der Waals surface area contributed by atoms with E-state index in [1.54, 1.807) is 6.21 Å². The first kappa shape index (κ1) is 13.2. The predicted octanol–water partition coefficient (Wildman–Crippen LogP) is 2.57. The van der Waals surface area contributed by atoms with Crippen molar-refractivity contribution in [2.24, 2.45) is 16.6 Å². The Hall–Kier alpha value is -0.900. The molecule has 0 aromatic heterocycles. The molecule has 16 heavy (non-hydrogen) atoms. The quantitative estimate of drug-likeness (QED) is 0.793. The van der Waals surface area contributed by atoms with Crippen molar-refractivity contribution in [3.8, 4) is 0 Å². The molecular formula is C12H17BrN2O. The van der Waals surface area contributed by atoms with Crippen LogP contribution in [0, 0.1) is 5.92 Å². The summed E-state index contributed by atoms with van der Waals surface area (Å²) in [6, 6.07) is 0. The zero-order valence-corrected chi connectivity index (χ0v) is 11.3. The SMILES string of the molecule is CCN=CC1=C(N)C(=O)CCC(C)C=C1Br. The van der Waals surface area contributed by atoms with E-state index in [4.69, 9.17) is 5.73 Å². The Morgan fingerprint density at radius 1 is 1.69 bits per heavy atom. The van der Waals surface area contributed by atoms with Crippen LogP contribution in [-0.2, 0) is 4.79 Å². The number of allylic oxidation sites excluding steroid dienone is 4.